The van der Waals surface area contributed by atoms with E-state index in [0.717, 1.165) is 36.4 Å². The third kappa shape index (κ3) is 3.46. The van der Waals surface area contributed by atoms with Gasteiger partial charge in [0.1, 0.15) is 5.82 Å². The molecule has 0 atom stereocenters. The summed E-state index contributed by atoms with van der Waals surface area (Å²) in [6.07, 6.45) is 9.29. The minimum Gasteiger partial charge on any atom is -0.385 e. The van der Waals surface area contributed by atoms with Gasteiger partial charge in [-0.25, -0.2) is 4.39 Å². The molecule has 3 nitrogen and oxygen atoms in total. The van der Waals surface area contributed by atoms with Crippen LogP contribution in [-0.4, -0.2) is 16.7 Å². The monoisotopic (exact) mass is 385 g/mol. The molecule has 0 spiro atoms. The number of nitrogens with zero attached hydrogens (tertiary/aromatic N) is 2. The second kappa shape index (κ2) is 6.77. The van der Waals surface area contributed by atoms with Crippen LogP contribution in [0.2, 0.25) is 0 Å². The van der Waals surface area contributed by atoms with E-state index < -0.39 is 0 Å². The van der Waals surface area contributed by atoms with E-state index in [9.17, 15) is 4.39 Å². The van der Waals surface area contributed by atoms with Gasteiger partial charge in [-0.05, 0) is 80.5 Å². The standard InChI is InChI=1S/C22H28FN3S/c1-26-20(6-7-24-19-4-2-18(23)3-5-19)14-27-21(26)25-22-11-15-8-16(12-22)10-17(9-15)13-22/h2-5,14-17,24H,6-13H2,1H3. The van der Waals surface area contributed by atoms with Crippen molar-refractivity contribution >= 4 is 17.0 Å². The van der Waals surface area contributed by atoms with Crippen LogP contribution < -0.4 is 10.1 Å². The number of hydrogen-bond acceptors (Lipinski definition) is 3. The SMILES string of the molecule is Cn1c(CCNc2ccc(F)cc2)csc1=NC12CC3CC(CC(C3)C1)C2. The lowest BCUT2D eigenvalue weighted by atomic mass is 9.53. The molecule has 0 saturated heterocycles. The molecule has 4 aliphatic carbocycles. The van der Waals surface area contributed by atoms with E-state index in [0.29, 0.717) is 0 Å². The fraction of sp³-hybridized carbons (Fsp3) is 0.591. The van der Waals surface area contributed by atoms with Crippen molar-refractivity contribution in [3.05, 3.63) is 46.0 Å². The van der Waals surface area contributed by atoms with Crippen LogP contribution in [0.25, 0.3) is 0 Å². The van der Waals surface area contributed by atoms with Gasteiger partial charge in [0.15, 0.2) is 4.80 Å². The lowest BCUT2D eigenvalue weighted by molar-refractivity contribution is -0.000362. The number of halogens is 1. The van der Waals surface area contributed by atoms with E-state index >= 15 is 0 Å². The highest BCUT2D eigenvalue weighted by Crippen LogP contribution is 2.57. The molecule has 1 heterocycles. The Morgan fingerprint density at radius 3 is 2.37 bits per heavy atom. The van der Waals surface area contributed by atoms with Crippen molar-refractivity contribution in [2.45, 2.75) is 50.5 Å². The van der Waals surface area contributed by atoms with Crippen LogP contribution >= 0.6 is 11.3 Å². The summed E-state index contributed by atoms with van der Waals surface area (Å²) in [5.41, 5.74) is 2.52. The first-order valence-corrected chi connectivity index (χ1v) is 11.2. The van der Waals surface area contributed by atoms with Crippen molar-refractivity contribution < 1.29 is 4.39 Å². The largest absolute Gasteiger partial charge is 0.385 e. The van der Waals surface area contributed by atoms with Crippen molar-refractivity contribution in [3.63, 3.8) is 0 Å². The van der Waals surface area contributed by atoms with Crippen LogP contribution in [-0.2, 0) is 13.5 Å². The molecular formula is C22H28FN3S. The van der Waals surface area contributed by atoms with Gasteiger partial charge < -0.3 is 9.88 Å². The first-order valence-electron chi connectivity index (χ1n) is 10.3. The Hall–Kier alpha value is -1.62. The number of hydrogen-bond donors (Lipinski definition) is 1. The molecule has 4 saturated carbocycles. The lowest BCUT2D eigenvalue weighted by Crippen LogP contribution is -2.50. The summed E-state index contributed by atoms with van der Waals surface area (Å²) in [4.78, 5) is 6.55. The van der Waals surface area contributed by atoms with Crippen LogP contribution in [0.4, 0.5) is 10.1 Å². The number of benzene rings is 1. The van der Waals surface area contributed by atoms with Crippen molar-refractivity contribution in [3.8, 4) is 0 Å². The second-order valence-corrected chi connectivity index (χ2v) is 9.84. The number of thiazole rings is 1. The van der Waals surface area contributed by atoms with Crippen LogP contribution in [0.15, 0.2) is 34.6 Å². The van der Waals surface area contributed by atoms with Gasteiger partial charge in [-0.1, -0.05) is 0 Å². The van der Waals surface area contributed by atoms with Crippen molar-refractivity contribution in [2.75, 3.05) is 11.9 Å². The zero-order chi connectivity index (χ0) is 18.4. The molecule has 0 aliphatic heterocycles. The summed E-state index contributed by atoms with van der Waals surface area (Å²) in [6.45, 7) is 0.840. The van der Waals surface area contributed by atoms with Crippen molar-refractivity contribution in [1.82, 2.24) is 4.57 Å². The number of anilines is 1. The van der Waals surface area contributed by atoms with Gasteiger partial charge in [-0.15, -0.1) is 11.3 Å². The molecule has 144 valence electrons. The van der Waals surface area contributed by atoms with Crippen LogP contribution in [0.5, 0.6) is 0 Å². The van der Waals surface area contributed by atoms with E-state index in [1.807, 2.05) is 0 Å². The normalized spacial score (nSPS) is 32.2. The van der Waals surface area contributed by atoms with Gasteiger partial charge in [-0.2, -0.15) is 0 Å². The Labute approximate surface area is 164 Å². The molecule has 5 heteroatoms. The Morgan fingerprint density at radius 2 is 1.74 bits per heavy atom. The number of aromatic nitrogens is 1. The van der Waals surface area contributed by atoms with E-state index in [-0.39, 0.29) is 11.4 Å². The van der Waals surface area contributed by atoms with Crippen LogP contribution in [0.1, 0.15) is 44.2 Å². The summed E-state index contributed by atoms with van der Waals surface area (Å²) in [6, 6.07) is 6.57. The molecule has 0 amide bonds. The van der Waals surface area contributed by atoms with E-state index in [1.54, 1.807) is 23.5 Å². The van der Waals surface area contributed by atoms with E-state index in [4.69, 9.17) is 4.99 Å². The summed E-state index contributed by atoms with van der Waals surface area (Å²) >= 11 is 1.79. The van der Waals surface area contributed by atoms with Gasteiger partial charge >= 0.3 is 0 Å². The zero-order valence-corrected chi connectivity index (χ0v) is 16.8. The minimum absolute atomic E-state index is 0.194. The zero-order valence-electron chi connectivity index (χ0n) is 16.0. The van der Waals surface area contributed by atoms with Gasteiger partial charge in [-0.3, -0.25) is 4.99 Å². The molecule has 4 fully saturated rings. The maximum absolute atomic E-state index is 13.0. The summed E-state index contributed by atoms with van der Waals surface area (Å²) in [7, 11) is 2.16. The maximum atomic E-state index is 13.0. The van der Waals surface area contributed by atoms with Crippen molar-refractivity contribution in [1.29, 1.82) is 0 Å². The van der Waals surface area contributed by atoms with Crippen molar-refractivity contribution in [2.24, 2.45) is 29.8 Å². The average Bonchev–Trinajstić information content (AvgIpc) is 2.95. The Morgan fingerprint density at radius 1 is 1.11 bits per heavy atom. The molecule has 0 radical (unpaired) electrons. The highest BCUT2D eigenvalue weighted by molar-refractivity contribution is 7.07. The molecule has 1 aromatic carbocycles. The predicted octanol–water partition coefficient (Wildman–Crippen LogP) is 4.75. The Bertz CT molecular complexity index is 844. The van der Waals surface area contributed by atoms with Gasteiger partial charge in [0.05, 0.1) is 5.54 Å². The first kappa shape index (κ1) is 17.5. The van der Waals surface area contributed by atoms with E-state index in [2.05, 4.69) is 22.3 Å². The minimum atomic E-state index is -0.194. The smallest absolute Gasteiger partial charge is 0.185 e. The van der Waals surface area contributed by atoms with Crippen LogP contribution in [0, 0.1) is 23.6 Å². The molecule has 1 aromatic heterocycles. The molecule has 4 aliphatic rings. The third-order valence-corrected chi connectivity index (χ3v) is 7.88. The second-order valence-electron chi connectivity index (χ2n) is 9.01. The van der Waals surface area contributed by atoms with Gasteiger partial charge in [0.25, 0.3) is 0 Å². The first-order chi connectivity index (χ1) is 13.1. The highest BCUT2D eigenvalue weighted by Gasteiger charge is 2.51. The highest BCUT2D eigenvalue weighted by atomic mass is 32.1. The maximum Gasteiger partial charge on any atom is 0.185 e. The fourth-order valence-corrected chi connectivity index (χ4v) is 7.08. The number of nitrogens with one attached hydrogen (secondary N) is 1. The number of rotatable bonds is 5. The quantitative estimate of drug-likeness (QED) is 0.791. The Kier molecular flexibility index (Phi) is 4.38. The molecular weight excluding hydrogens is 357 g/mol. The topological polar surface area (TPSA) is 29.3 Å². The average molecular weight is 386 g/mol. The lowest BCUT2D eigenvalue weighted by Gasteiger charge is -2.54. The Balaban J connectivity index is 1.29. The third-order valence-electron chi connectivity index (χ3n) is 6.91. The van der Waals surface area contributed by atoms with E-state index in [1.165, 1.54) is 61.2 Å². The summed E-state index contributed by atoms with van der Waals surface area (Å²) < 4.78 is 15.3. The molecule has 0 unspecified atom stereocenters. The predicted molar refractivity (Wildman–Crippen MR) is 108 cm³/mol. The molecule has 6 rings (SSSR count). The summed E-state index contributed by atoms with van der Waals surface area (Å²) in [5, 5.41) is 5.63. The molecule has 4 bridgehead atoms. The summed E-state index contributed by atoms with van der Waals surface area (Å²) in [5.74, 6) is 2.61. The van der Waals surface area contributed by atoms with Crippen LogP contribution in [0.3, 0.4) is 0 Å². The van der Waals surface area contributed by atoms with Gasteiger partial charge in [0, 0.05) is 36.8 Å². The fourth-order valence-electron chi connectivity index (χ4n) is 6.04. The molecule has 2 aromatic rings. The van der Waals surface area contributed by atoms with Gasteiger partial charge in [0.2, 0.25) is 0 Å². The molecule has 27 heavy (non-hydrogen) atoms. The molecule has 1 N–H and O–H groups in total.